The van der Waals surface area contributed by atoms with E-state index in [-0.39, 0.29) is 0 Å². The summed E-state index contributed by atoms with van der Waals surface area (Å²) in [6.45, 7) is 0. The summed E-state index contributed by atoms with van der Waals surface area (Å²) in [4.78, 5) is 0. The molecule has 0 amide bonds. The molecular weight excluding hydrogens is 285 g/mol. The van der Waals surface area contributed by atoms with Crippen molar-refractivity contribution < 1.29 is 0 Å². The molecule has 0 heterocycles. The van der Waals surface area contributed by atoms with Gasteiger partial charge in [0.2, 0.25) is 0 Å². The van der Waals surface area contributed by atoms with Crippen molar-refractivity contribution in [2.75, 3.05) is 5.32 Å². The minimum absolute atomic E-state index is 0.414. The Hall–Kier alpha value is -0.400. The molecule has 64 valence electrons. The number of thiocarbonyl (C=S) groups is 1. The molecule has 0 unspecified atom stereocenters. The van der Waals surface area contributed by atoms with Gasteiger partial charge in [-0.3, -0.25) is 0 Å². The summed E-state index contributed by atoms with van der Waals surface area (Å²) in [5.41, 5.74) is 3.29. The van der Waals surface area contributed by atoms with Crippen LogP contribution in [0.5, 0.6) is 0 Å². The van der Waals surface area contributed by atoms with Crippen molar-refractivity contribution in [1.82, 2.24) is 5.43 Å². The zero-order chi connectivity index (χ0) is 8.97. The molecule has 0 aliphatic carbocycles. The van der Waals surface area contributed by atoms with E-state index in [1.54, 1.807) is 0 Å². The number of anilines is 1. The van der Waals surface area contributed by atoms with Gasteiger partial charge < -0.3 is 10.7 Å². The Kier molecular flexibility index (Phi) is 3.70. The highest BCUT2D eigenvalue weighted by atomic mass is 127. The minimum atomic E-state index is 0.414. The van der Waals surface area contributed by atoms with Crippen LogP contribution in [0.25, 0.3) is 0 Å². The van der Waals surface area contributed by atoms with Gasteiger partial charge in [-0.2, -0.15) is 0 Å². The number of nitrogens with two attached hydrogens (primary N) is 1. The standard InChI is InChI=1S/C7H8IN3S/c8-5-2-1-3-6(4-5)10-7(12)11-9/h1-4H,9H2,(H2,10,11,12). The summed E-state index contributed by atoms with van der Waals surface area (Å²) < 4.78 is 1.15. The van der Waals surface area contributed by atoms with Gasteiger partial charge in [0.15, 0.2) is 5.11 Å². The number of halogens is 1. The number of hydrogen-bond acceptors (Lipinski definition) is 2. The molecule has 0 radical (unpaired) electrons. The van der Waals surface area contributed by atoms with Crippen molar-refractivity contribution >= 4 is 45.6 Å². The SMILES string of the molecule is NNC(=S)Nc1cccc(I)c1. The highest BCUT2D eigenvalue weighted by Crippen LogP contribution is 2.11. The van der Waals surface area contributed by atoms with Gasteiger partial charge in [0, 0.05) is 9.26 Å². The van der Waals surface area contributed by atoms with Gasteiger partial charge in [-0.25, -0.2) is 5.84 Å². The fourth-order valence-corrected chi connectivity index (χ4v) is 1.39. The first kappa shape index (κ1) is 9.69. The predicted molar refractivity (Wildman–Crippen MR) is 62.7 cm³/mol. The van der Waals surface area contributed by atoms with Crippen LogP contribution in [0.2, 0.25) is 0 Å². The van der Waals surface area contributed by atoms with E-state index in [0.717, 1.165) is 9.26 Å². The second-order valence-corrected chi connectivity index (χ2v) is 3.76. The lowest BCUT2D eigenvalue weighted by molar-refractivity contribution is 1.04. The van der Waals surface area contributed by atoms with Crippen LogP contribution in [-0.2, 0) is 0 Å². The van der Waals surface area contributed by atoms with Crippen LogP contribution in [0.4, 0.5) is 5.69 Å². The van der Waals surface area contributed by atoms with Crippen LogP contribution in [0.15, 0.2) is 24.3 Å². The van der Waals surface area contributed by atoms with Crippen molar-refractivity contribution in [2.45, 2.75) is 0 Å². The monoisotopic (exact) mass is 293 g/mol. The molecule has 0 aliphatic rings. The smallest absolute Gasteiger partial charge is 0.185 e. The van der Waals surface area contributed by atoms with E-state index < -0.39 is 0 Å². The average Bonchev–Trinajstić information content (AvgIpc) is 2.04. The van der Waals surface area contributed by atoms with Crippen molar-refractivity contribution in [2.24, 2.45) is 5.84 Å². The molecule has 5 heteroatoms. The molecule has 12 heavy (non-hydrogen) atoms. The summed E-state index contributed by atoms with van der Waals surface area (Å²) >= 11 is 7.06. The molecular formula is C7H8IN3S. The first-order chi connectivity index (χ1) is 5.72. The summed E-state index contributed by atoms with van der Waals surface area (Å²) in [6.07, 6.45) is 0. The van der Waals surface area contributed by atoms with Crippen molar-refractivity contribution in [1.29, 1.82) is 0 Å². The fourth-order valence-electron chi connectivity index (χ4n) is 0.733. The van der Waals surface area contributed by atoms with E-state index in [9.17, 15) is 0 Å². The molecule has 0 spiro atoms. The van der Waals surface area contributed by atoms with Crippen LogP contribution in [0.3, 0.4) is 0 Å². The van der Waals surface area contributed by atoms with E-state index in [1.807, 2.05) is 24.3 Å². The van der Waals surface area contributed by atoms with Gasteiger partial charge >= 0.3 is 0 Å². The first-order valence-electron chi connectivity index (χ1n) is 3.25. The number of nitrogens with one attached hydrogen (secondary N) is 2. The van der Waals surface area contributed by atoms with Gasteiger partial charge in [-0.15, -0.1) is 0 Å². The third-order valence-electron chi connectivity index (χ3n) is 1.21. The molecule has 0 saturated carbocycles. The van der Waals surface area contributed by atoms with E-state index in [2.05, 4.69) is 33.3 Å². The van der Waals surface area contributed by atoms with Crippen LogP contribution >= 0.6 is 34.8 Å². The first-order valence-corrected chi connectivity index (χ1v) is 4.74. The third-order valence-corrected chi connectivity index (χ3v) is 2.10. The molecule has 3 nitrogen and oxygen atoms in total. The lowest BCUT2D eigenvalue weighted by atomic mass is 10.3. The Morgan fingerprint density at radius 3 is 2.83 bits per heavy atom. The van der Waals surface area contributed by atoms with Gasteiger partial charge in [-0.05, 0) is 53.0 Å². The molecule has 0 aliphatic heterocycles. The molecule has 0 fully saturated rings. The second kappa shape index (κ2) is 4.58. The number of hydrazine groups is 1. The van der Waals surface area contributed by atoms with E-state index in [0.29, 0.717) is 5.11 Å². The van der Waals surface area contributed by atoms with Crippen molar-refractivity contribution in [3.05, 3.63) is 27.8 Å². The highest BCUT2D eigenvalue weighted by molar-refractivity contribution is 14.1. The van der Waals surface area contributed by atoms with Crippen LogP contribution in [0, 0.1) is 3.57 Å². The summed E-state index contributed by atoms with van der Waals surface area (Å²) in [5, 5.41) is 3.34. The number of hydrogen-bond donors (Lipinski definition) is 3. The van der Waals surface area contributed by atoms with Crippen molar-refractivity contribution in [3.8, 4) is 0 Å². The van der Waals surface area contributed by atoms with Crippen molar-refractivity contribution in [3.63, 3.8) is 0 Å². The molecule has 0 atom stereocenters. The lowest BCUT2D eigenvalue weighted by Crippen LogP contribution is -2.34. The topological polar surface area (TPSA) is 50.1 Å². The van der Waals surface area contributed by atoms with E-state index in [1.165, 1.54) is 0 Å². The van der Waals surface area contributed by atoms with Gasteiger partial charge in [-0.1, -0.05) is 6.07 Å². The second-order valence-electron chi connectivity index (χ2n) is 2.11. The quantitative estimate of drug-likeness (QED) is 0.317. The predicted octanol–water partition coefficient (Wildman–Crippen LogP) is 1.45. The van der Waals surface area contributed by atoms with Gasteiger partial charge in [0.1, 0.15) is 0 Å². The van der Waals surface area contributed by atoms with Crippen LogP contribution in [0.1, 0.15) is 0 Å². The van der Waals surface area contributed by atoms with E-state index in [4.69, 9.17) is 18.1 Å². The van der Waals surface area contributed by atoms with Crippen LogP contribution in [-0.4, -0.2) is 5.11 Å². The normalized spacial score (nSPS) is 9.17. The molecule has 1 aromatic carbocycles. The Bertz CT molecular complexity index is 290. The molecule has 0 saturated heterocycles. The molecule has 4 N–H and O–H groups in total. The zero-order valence-electron chi connectivity index (χ0n) is 6.17. The number of benzene rings is 1. The Morgan fingerprint density at radius 2 is 2.25 bits per heavy atom. The Morgan fingerprint density at radius 1 is 1.50 bits per heavy atom. The Balaban J connectivity index is 2.69. The fraction of sp³-hybridized carbons (Fsp3) is 0. The Labute approximate surface area is 89.8 Å². The molecule has 0 bridgehead atoms. The average molecular weight is 293 g/mol. The molecule has 1 aromatic rings. The highest BCUT2D eigenvalue weighted by Gasteiger charge is 1.94. The maximum atomic E-state index is 5.10. The maximum absolute atomic E-state index is 5.10. The molecule has 0 aromatic heterocycles. The third kappa shape index (κ3) is 2.92. The van der Waals surface area contributed by atoms with Gasteiger partial charge in [0.25, 0.3) is 0 Å². The lowest BCUT2D eigenvalue weighted by Gasteiger charge is -2.06. The van der Waals surface area contributed by atoms with Crippen LogP contribution < -0.4 is 16.6 Å². The number of rotatable bonds is 1. The largest absolute Gasteiger partial charge is 0.332 e. The molecule has 1 rings (SSSR count). The summed E-state index contributed by atoms with van der Waals surface area (Å²) in [7, 11) is 0. The summed E-state index contributed by atoms with van der Waals surface area (Å²) in [6, 6.07) is 7.85. The summed E-state index contributed by atoms with van der Waals surface area (Å²) in [5.74, 6) is 5.10. The maximum Gasteiger partial charge on any atom is 0.185 e. The zero-order valence-corrected chi connectivity index (χ0v) is 9.15. The van der Waals surface area contributed by atoms with Gasteiger partial charge in [0.05, 0.1) is 0 Å². The van der Waals surface area contributed by atoms with E-state index >= 15 is 0 Å². The minimum Gasteiger partial charge on any atom is -0.332 e.